The first kappa shape index (κ1) is 23.4. The Labute approximate surface area is 192 Å². The molecule has 0 radical (unpaired) electrons. The van der Waals surface area contributed by atoms with Crippen LogP contribution in [0, 0.1) is 28.6 Å². The molecule has 0 spiro atoms. The summed E-state index contributed by atoms with van der Waals surface area (Å²) >= 11 is 6.02. The summed E-state index contributed by atoms with van der Waals surface area (Å²) in [5, 5.41) is 9.56. The van der Waals surface area contributed by atoms with Crippen LogP contribution in [0.1, 0.15) is 32.4 Å². The molecule has 166 valence electrons. The highest BCUT2D eigenvalue weighted by atomic mass is 35.5. The predicted molar refractivity (Wildman–Crippen MR) is 119 cm³/mol. The summed E-state index contributed by atoms with van der Waals surface area (Å²) in [5.41, 5.74) is 0.0477. The number of para-hydroxylation sites is 1. The molecule has 1 saturated carbocycles. The summed E-state index contributed by atoms with van der Waals surface area (Å²) in [7, 11) is 0. The van der Waals surface area contributed by atoms with Crippen molar-refractivity contribution in [1.82, 2.24) is 0 Å². The molecule has 0 heterocycles. The monoisotopic (exact) mass is 453 g/mol. The van der Waals surface area contributed by atoms with Gasteiger partial charge in [-0.05, 0) is 42.5 Å². The fraction of sp³-hybridized carbons (Fsp3) is 0.320. The van der Waals surface area contributed by atoms with Crippen LogP contribution in [0.2, 0.25) is 0 Å². The Morgan fingerprint density at radius 1 is 1.16 bits per heavy atom. The Morgan fingerprint density at radius 3 is 2.50 bits per heavy atom. The highest BCUT2D eigenvalue weighted by molar-refractivity contribution is 6.41. The smallest absolute Gasteiger partial charge is 0.349 e. The predicted octanol–water partition coefficient (Wildman–Crippen LogP) is 5.54. The third kappa shape index (κ3) is 5.30. The summed E-state index contributed by atoms with van der Waals surface area (Å²) in [4.78, 5) is 24.6. The Bertz CT molecular complexity index is 1060. The zero-order valence-electron chi connectivity index (χ0n) is 18.1. The fourth-order valence-corrected chi connectivity index (χ4v) is 3.78. The van der Waals surface area contributed by atoms with E-state index in [-0.39, 0.29) is 17.6 Å². The second kappa shape index (κ2) is 9.88. The van der Waals surface area contributed by atoms with Crippen molar-refractivity contribution in [3.8, 4) is 17.6 Å². The van der Waals surface area contributed by atoms with Crippen molar-refractivity contribution in [2.75, 3.05) is 6.61 Å². The molecule has 0 saturated heterocycles. The molecule has 0 aliphatic heterocycles. The third-order valence-corrected chi connectivity index (χ3v) is 5.73. The number of hydrogen-bond acceptors (Lipinski definition) is 6. The molecule has 0 aromatic heterocycles. The van der Waals surface area contributed by atoms with Crippen LogP contribution in [0.5, 0.6) is 11.5 Å². The number of halogens is 1. The molecule has 6 nitrogen and oxygen atoms in total. The first-order valence-electron chi connectivity index (χ1n) is 10.2. The lowest BCUT2D eigenvalue weighted by molar-refractivity contribution is -0.149. The number of nitrogens with zero attached hydrogens (tertiary/aromatic N) is 1. The molecule has 3 rings (SSSR count). The van der Waals surface area contributed by atoms with Crippen LogP contribution in [0.3, 0.4) is 0 Å². The van der Waals surface area contributed by atoms with Crippen LogP contribution in [-0.4, -0.2) is 18.5 Å². The lowest BCUT2D eigenvalue weighted by atomic mass is 10.1. The second-order valence-electron chi connectivity index (χ2n) is 7.99. The van der Waals surface area contributed by atoms with Gasteiger partial charge in [-0.3, -0.25) is 4.79 Å². The number of benzene rings is 2. The molecule has 7 heteroatoms. The summed E-state index contributed by atoms with van der Waals surface area (Å²) < 4.78 is 16.2. The molecule has 2 aromatic carbocycles. The van der Waals surface area contributed by atoms with Crippen LogP contribution in [0.25, 0.3) is 0 Å². The standard InChI is InChI=1S/C25H24ClNO5/c1-4-30-23(28)20(26)14-19-22(25(19,2)3)24(29)32-21(15-27)16-9-8-12-18(13-16)31-17-10-6-5-7-11-17/h5-14,19,21-22H,4H2,1-3H3/b20-14+/t19-,21+,22-/m0/s1. The Balaban J connectivity index is 1.70. The van der Waals surface area contributed by atoms with Crippen molar-refractivity contribution < 1.29 is 23.8 Å². The molecule has 0 amide bonds. The maximum absolute atomic E-state index is 12.8. The van der Waals surface area contributed by atoms with E-state index in [9.17, 15) is 14.9 Å². The van der Waals surface area contributed by atoms with Gasteiger partial charge in [0.15, 0.2) is 0 Å². The Morgan fingerprint density at radius 2 is 1.84 bits per heavy atom. The van der Waals surface area contributed by atoms with Crippen molar-refractivity contribution in [3.63, 3.8) is 0 Å². The lowest BCUT2D eigenvalue weighted by Crippen LogP contribution is -2.14. The molecule has 1 aliphatic rings. The number of ether oxygens (including phenoxy) is 3. The first-order chi connectivity index (χ1) is 15.3. The highest BCUT2D eigenvalue weighted by Crippen LogP contribution is 2.60. The van der Waals surface area contributed by atoms with Crippen LogP contribution in [-0.2, 0) is 19.1 Å². The number of allylic oxidation sites excluding steroid dienone is 1. The van der Waals surface area contributed by atoms with E-state index in [0.29, 0.717) is 17.1 Å². The molecular formula is C25H24ClNO5. The summed E-state index contributed by atoms with van der Waals surface area (Å²) in [5.74, 6) is -0.786. The SMILES string of the molecule is CCOC(=O)/C(Cl)=C\[C@H]1[C@@H](C(=O)O[C@H](C#N)c2cccc(Oc3ccccc3)c2)C1(C)C. The van der Waals surface area contributed by atoms with Crippen LogP contribution in [0.4, 0.5) is 0 Å². The van der Waals surface area contributed by atoms with Crippen molar-refractivity contribution >= 4 is 23.5 Å². The molecule has 32 heavy (non-hydrogen) atoms. The van der Waals surface area contributed by atoms with Crippen molar-refractivity contribution in [2.24, 2.45) is 17.3 Å². The topological polar surface area (TPSA) is 85.6 Å². The summed E-state index contributed by atoms with van der Waals surface area (Å²) in [6, 6.07) is 18.1. The number of nitriles is 1. The minimum Gasteiger partial charge on any atom is -0.462 e. The van der Waals surface area contributed by atoms with Gasteiger partial charge in [0, 0.05) is 5.56 Å². The molecular weight excluding hydrogens is 430 g/mol. The van der Waals surface area contributed by atoms with Gasteiger partial charge >= 0.3 is 11.9 Å². The highest BCUT2D eigenvalue weighted by Gasteiger charge is 2.62. The average molecular weight is 454 g/mol. The first-order valence-corrected chi connectivity index (χ1v) is 10.6. The average Bonchev–Trinajstić information content (AvgIpc) is 3.32. The maximum Gasteiger partial charge on any atom is 0.349 e. The van der Waals surface area contributed by atoms with Crippen LogP contribution >= 0.6 is 11.6 Å². The number of esters is 2. The number of hydrogen-bond donors (Lipinski definition) is 0. The lowest BCUT2D eigenvalue weighted by Gasteiger charge is -2.13. The van der Waals surface area contributed by atoms with Crippen LogP contribution < -0.4 is 4.74 Å². The van der Waals surface area contributed by atoms with E-state index < -0.39 is 29.4 Å². The Hall–Kier alpha value is -3.30. The van der Waals surface area contributed by atoms with Crippen LogP contribution in [0.15, 0.2) is 65.7 Å². The van der Waals surface area contributed by atoms with Crippen molar-refractivity contribution in [1.29, 1.82) is 5.26 Å². The molecule has 0 N–H and O–H groups in total. The van der Waals surface area contributed by atoms with Crippen molar-refractivity contribution in [2.45, 2.75) is 26.9 Å². The van der Waals surface area contributed by atoms with Crippen molar-refractivity contribution in [3.05, 3.63) is 71.3 Å². The summed E-state index contributed by atoms with van der Waals surface area (Å²) in [6.07, 6.45) is 0.435. The zero-order chi connectivity index (χ0) is 23.3. The quantitative estimate of drug-likeness (QED) is 0.385. The maximum atomic E-state index is 12.8. The fourth-order valence-electron chi connectivity index (χ4n) is 3.59. The van der Waals surface area contributed by atoms with E-state index in [1.807, 2.05) is 50.2 Å². The number of rotatable bonds is 8. The van der Waals surface area contributed by atoms with Gasteiger partial charge in [0.25, 0.3) is 0 Å². The van der Waals surface area contributed by atoms with Gasteiger partial charge in [-0.1, -0.05) is 61.9 Å². The van der Waals surface area contributed by atoms with Gasteiger partial charge in [0.1, 0.15) is 22.6 Å². The van der Waals surface area contributed by atoms with E-state index in [2.05, 4.69) is 0 Å². The van der Waals surface area contributed by atoms with Gasteiger partial charge < -0.3 is 14.2 Å². The molecule has 0 bridgehead atoms. The van der Waals surface area contributed by atoms with E-state index in [0.717, 1.165) is 0 Å². The molecule has 2 aromatic rings. The number of carbonyl (C=O) groups is 2. The molecule has 3 atom stereocenters. The number of carbonyl (C=O) groups excluding carboxylic acids is 2. The second-order valence-corrected chi connectivity index (χ2v) is 8.40. The van der Waals surface area contributed by atoms with Gasteiger partial charge in [-0.25, -0.2) is 4.79 Å². The van der Waals surface area contributed by atoms with E-state index in [4.69, 9.17) is 25.8 Å². The minimum absolute atomic E-state index is 0.0668. The molecule has 0 unspecified atom stereocenters. The zero-order valence-corrected chi connectivity index (χ0v) is 18.8. The Kier molecular flexibility index (Phi) is 7.22. The van der Waals surface area contributed by atoms with Gasteiger partial charge in [-0.2, -0.15) is 5.26 Å². The molecule has 1 fully saturated rings. The minimum atomic E-state index is -1.09. The normalized spacial score (nSPS) is 19.9. The van der Waals surface area contributed by atoms with E-state index in [1.54, 1.807) is 31.2 Å². The van der Waals surface area contributed by atoms with Gasteiger partial charge in [0.2, 0.25) is 6.10 Å². The molecule has 1 aliphatic carbocycles. The summed E-state index contributed by atoms with van der Waals surface area (Å²) in [6.45, 7) is 5.65. The van der Waals surface area contributed by atoms with Gasteiger partial charge in [0.05, 0.1) is 12.5 Å². The van der Waals surface area contributed by atoms with E-state index in [1.165, 1.54) is 6.08 Å². The third-order valence-electron chi connectivity index (χ3n) is 5.45. The van der Waals surface area contributed by atoms with E-state index >= 15 is 0 Å². The largest absolute Gasteiger partial charge is 0.462 e. The van der Waals surface area contributed by atoms with Gasteiger partial charge in [-0.15, -0.1) is 0 Å².